The third kappa shape index (κ3) is 5.00. The zero-order valence-corrected chi connectivity index (χ0v) is 15.0. The molecule has 0 saturated carbocycles. The number of hydrogen-bond donors (Lipinski definition) is 1. The summed E-state index contributed by atoms with van der Waals surface area (Å²) in [7, 11) is 0. The first-order chi connectivity index (χ1) is 11.8. The summed E-state index contributed by atoms with van der Waals surface area (Å²) in [6.07, 6.45) is 0. The van der Waals surface area contributed by atoms with E-state index in [1.807, 2.05) is 42.5 Å². The maximum atomic E-state index is 12.6. The van der Waals surface area contributed by atoms with E-state index in [4.69, 9.17) is 0 Å². The molecule has 0 heterocycles. The number of aliphatic hydroxyl groups excluding tert-OH is 1. The summed E-state index contributed by atoms with van der Waals surface area (Å²) in [5.74, 6) is -1.15. The quantitative estimate of drug-likeness (QED) is 0.649. The van der Waals surface area contributed by atoms with Crippen LogP contribution in [0.4, 0.5) is 0 Å². The third-order valence-corrected chi connectivity index (χ3v) is 4.08. The first-order valence-electron chi connectivity index (χ1n) is 8.42. The minimum atomic E-state index is -0.596. The standard InChI is InChI=1S/C21H25NO3/c1-21(2,3)18-11-9-17(10-12-18)19(24)20(25)22(13-14-23)15-16-7-5-4-6-8-16/h4-12,23H,13-15H2,1-3H3. The van der Waals surface area contributed by atoms with Gasteiger partial charge in [0.1, 0.15) is 0 Å². The van der Waals surface area contributed by atoms with Crippen molar-refractivity contribution in [3.8, 4) is 0 Å². The van der Waals surface area contributed by atoms with Crippen LogP contribution in [0.25, 0.3) is 0 Å². The fourth-order valence-corrected chi connectivity index (χ4v) is 2.57. The van der Waals surface area contributed by atoms with Gasteiger partial charge in [-0.3, -0.25) is 9.59 Å². The first kappa shape index (κ1) is 18.9. The molecular weight excluding hydrogens is 314 g/mol. The number of amides is 1. The van der Waals surface area contributed by atoms with Crippen LogP contribution in [0.15, 0.2) is 54.6 Å². The van der Waals surface area contributed by atoms with Crippen LogP contribution in [0, 0.1) is 0 Å². The van der Waals surface area contributed by atoms with E-state index in [0.29, 0.717) is 12.1 Å². The highest BCUT2D eigenvalue weighted by molar-refractivity contribution is 6.42. The molecule has 0 fully saturated rings. The van der Waals surface area contributed by atoms with Gasteiger partial charge in [0.05, 0.1) is 6.61 Å². The Bertz CT molecular complexity index is 715. The zero-order valence-electron chi connectivity index (χ0n) is 15.0. The molecule has 25 heavy (non-hydrogen) atoms. The molecule has 2 rings (SSSR count). The number of carbonyl (C=O) groups is 2. The monoisotopic (exact) mass is 339 g/mol. The van der Waals surface area contributed by atoms with Gasteiger partial charge in [0.2, 0.25) is 5.78 Å². The second-order valence-electron chi connectivity index (χ2n) is 7.09. The van der Waals surface area contributed by atoms with E-state index < -0.39 is 11.7 Å². The molecule has 4 heteroatoms. The molecule has 0 radical (unpaired) electrons. The van der Waals surface area contributed by atoms with Crippen LogP contribution in [0.3, 0.4) is 0 Å². The van der Waals surface area contributed by atoms with Gasteiger partial charge in [0, 0.05) is 18.7 Å². The molecule has 1 amide bonds. The van der Waals surface area contributed by atoms with E-state index in [-0.39, 0.29) is 18.6 Å². The molecule has 0 aliphatic carbocycles. The van der Waals surface area contributed by atoms with Gasteiger partial charge in [0.15, 0.2) is 0 Å². The number of Topliss-reactive ketones (excluding diaryl/α,β-unsaturated/α-hetero) is 1. The van der Waals surface area contributed by atoms with Gasteiger partial charge in [-0.15, -0.1) is 0 Å². The molecule has 0 aliphatic heterocycles. The maximum absolute atomic E-state index is 12.6. The summed E-state index contributed by atoms with van der Waals surface area (Å²) in [6.45, 7) is 6.52. The van der Waals surface area contributed by atoms with E-state index in [0.717, 1.165) is 11.1 Å². The molecule has 0 bridgehead atoms. The van der Waals surface area contributed by atoms with Crippen LogP contribution >= 0.6 is 0 Å². The van der Waals surface area contributed by atoms with Crippen molar-refractivity contribution >= 4 is 11.7 Å². The molecule has 2 aromatic carbocycles. The lowest BCUT2D eigenvalue weighted by molar-refractivity contribution is -0.127. The highest BCUT2D eigenvalue weighted by atomic mass is 16.3. The number of rotatable bonds is 6. The average molecular weight is 339 g/mol. The van der Waals surface area contributed by atoms with Gasteiger partial charge in [-0.2, -0.15) is 0 Å². The van der Waals surface area contributed by atoms with Crippen LogP contribution in [0.1, 0.15) is 42.3 Å². The van der Waals surface area contributed by atoms with Crippen molar-refractivity contribution in [1.82, 2.24) is 4.90 Å². The number of nitrogens with zero attached hydrogens (tertiary/aromatic N) is 1. The minimum Gasteiger partial charge on any atom is -0.395 e. The number of ketones is 1. The molecule has 2 aromatic rings. The van der Waals surface area contributed by atoms with Crippen molar-refractivity contribution in [2.24, 2.45) is 0 Å². The van der Waals surface area contributed by atoms with E-state index in [1.54, 1.807) is 12.1 Å². The normalized spacial score (nSPS) is 11.2. The summed E-state index contributed by atoms with van der Waals surface area (Å²) >= 11 is 0. The molecule has 1 N–H and O–H groups in total. The summed E-state index contributed by atoms with van der Waals surface area (Å²) in [4.78, 5) is 26.5. The van der Waals surface area contributed by atoms with Gasteiger partial charge in [-0.25, -0.2) is 0 Å². The Morgan fingerprint density at radius 2 is 1.56 bits per heavy atom. The molecule has 0 aromatic heterocycles. The van der Waals surface area contributed by atoms with Crippen molar-refractivity contribution < 1.29 is 14.7 Å². The Morgan fingerprint density at radius 1 is 0.960 bits per heavy atom. The summed E-state index contributed by atoms with van der Waals surface area (Å²) in [5.41, 5.74) is 2.38. The van der Waals surface area contributed by atoms with E-state index in [9.17, 15) is 14.7 Å². The Hall–Kier alpha value is -2.46. The van der Waals surface area contributed by atoms with Crippen LogP contribution < -0.4 is 0 Å². The van der Waals surface area contributed by atoms with Crippen LogP contribution in [-0.4, -0.2) is 34.8 Å². The second kappa shape index (κ2) is 8.08. The molecular formula is C21H25NO3. The molecule has 0 saturated heterocycles. The fraction of sp³-hybridized carbons (Fsp3) is 0.333. The second-order valence-corrected chi connectivity index (χ2v) is 7.09. The largest absolute Gasteiger partial charge is 0.395 e. The van der Waals surface area contributed by atoms with Gasteiger partial charge in [-0.05, 0) is 16.5 Å². The van der Waals surface area contributed by atoms with Crippen LogP contribution in [0.5, 0.6) is 0 Å². The first-order valence-corrected chi connectivity index (χ1v) is 8.42. The lowest BCUT2D eigenvalue weighted by atomic mass is 9.86. The molecule has 0 spiro atoms. The highest BCUT2D eigenvalue weighted by Crippen LogP contribution is 2.22. The van der Waals surface area contributed by atoms with E-state index in [1.165, 1.54) is 4.90 Å². The average Bonchev–Trinajstić information content (AvgIpc) is 2.60. The van der Waals surface area contributed by atoms with Gasteiger partial charge in [0.25, 0.3) is 5.91 Å². The molecule has 0 atom stereocenters. The Balaban J connectivity index is 2.16. The number of carbonyl (C=O) groups excluding carboxylic acids is 2. The fourth-order valence-electron chi connectivity index (χ4n) is 2.57. The SMILES string of the molecule is CC(C)(C)c1ccc(C(=O)C(=O)N(CCO)Cc2ccccc2)cc1. The lowest BCUT2D eigenvalue weighted by Gasteiger charge is -2.22. The van der Waals surface area contributed by atoms with Gasteiger partial charge < -0.3 is 10.0 Å². The molecule has 0 unspecified atom stereocenters. The Kier molecular flexibility index (Phi) is 6.10. The van der Waals surface area contributed by atoms with Crippen molar-refractivity contribution in [1.29, 1.82) is 0 Å². The maximum Gasteiger partial charge on any atom is 0.295 e. The number of benzene rings is 2. The van der Waals surface area contributed by atoms with Crippen LogP contribution in [0.2, 0.25) is 0 Å². The summed E-state index contributed by atoms with van der Waals surface area (Å²) in [6, 6.07) is 16.6. The summed E-state index contributed by atoms with van der Waals surface area (Å²) < 4.78 is 0. The molecule has 4 nitrogen and oxygen atoms in total. The van der Waals surface area contributed by atoms with Crippen molar-refractivity contribution in [3.05, 3.63) is 71.3 Å². The van der Waals surface area contributed by atoms with Crippen molar-refractivity contribution in [2.75, 3.05) is 13.2 Å². The number of aliphatic hydroxyl groups is 1. The predicted molar refractivity (Wildman–Crippen MR) is 98.4 cm³/mol. The third-order valence-electron chi connectivity index (χ3n) is 4.08. The highest BCUT2D eigenvalue weighted by Gasteiger charge is 2.23. The minimum absolute atomic E-state index is 0.0121. The topological polar surface area (TPSA) is 57.6 Å². The van der Waals surface area contributed by atoms with Gasteiger partial charge >= 0.3 is 0 Å². The van der Waals surface area contributed by atoms with E-state index >= 15 is 0 Å². The molecule has 132 valence electrons. The predicted octanol–water partition coefficient (Wildman–Crippen LogP) is 3.19. The zero-order chi connectivity index (χ0) is 18.4. The van der Waals surface area contributed by atoms with Crippen molar-refractivity contribution in [3.63, 3.8) is 0 Å². The van der Waals surface area contributed by atoms with E-state index in [2.05, 4.69) is 20.8 Å². The summed E-state index contributed by atoms with van der Waals surface area (Å²) in [5, 5.41) is 9.24. The van der Waals surface area contributed by atoms with Gasteiger partial charge in [-0.1, -0.05) is 75.4 Å². The Morgan fingerprint density at radius 3 is 2.08 bits per heavy atom. The van der Waals surface area contributed by atoms with Crippen LogP contribution in [-0.2, 0) is 16.8 Å². The smallest absolute Gasteiger partial charge is 0.295 e. The number of hydrogen-bond acceptors (Lipinski definition) is 3. The Labute approximate surface area is 149 Å². The van der Waals surface area contributed by atoms with Crippen molar-refractivity contribution in [2.45, 2.75) is 32.7 Å². The molecule has 0 aliphatic rings. The lowest BCUT2D eigenvalue weighted by Crippen LogP contribution is -2.38.